The topological polar surface area (TPSA) is 109 Å². The number of para-hydroxylation sites is 1. The van der Waals surface area contributed by atoms with Gasteiger partial charge in [-0.1, -0.05) is 60.2 Å². The number of nitrogens with one attached hydrogen (secondary N) is 3. The third kappa shape index (κ3) is 5.81. The quantitative estimate of drug-likeness (QED) is 0.288. The fourth-order valence-electron chi connectivity index (χ4n) is 4.41. The maximum absolute atomic E-state index is 13.0. The second-order valence-corrected chi connectivity index (χ2v) is 8.60. The molecule has 7 nitrogen and oxygen atoms in total. The number of aromatic amines is 1. The summed E-state index contributed by atoms with van der Waals surface area (Å²) in [5.41, 5.74) is 10.5. The van der Waals surface area contributed by atoms with Crippen LogP contribution in [0, 0.1) is 6.92 Å². The average Bonchev–Trinajstić information content (AvgIpc) is 3.28. The summed E-state index contributed by atoms with van der Waals surface area (Å²) in [6.45, 7) is 2.36. The van der Waals surface area contributed by atoms with Crippen LogP contribution in [0.15, 0.2) is 79.0 Å². The second kappa shape index (κ2) is 10.8. The standard InChI is InChI=1S/C28H30N4O3/c1-18-6-5-7-20(14-18)26(32-28(29)34)15-27(33)31-16-23(19-10-12-21(35-2)13-11-19)24-17-30-25-9-4-3-8-22(24)25/h3-14,17,23,26,30H,15-16H2,1-2H3,(H,31,33)(H3,29,32,34)/t23-,26+/m1/s1. The Labute approximate surface area is 204 Å². The number of carbonyl (C=O) groups excluding carboxylic acids is 2. The first-order chi connectivity index (χ1) is 16.9. The summed E-state index contributed by atoms with van der Waals surface area (Å²) in [5, 5.41) is 6.88. The molecule has 0 aliphatic rings. The molecule has 180 valence electrons. The van der Waals surface area contributed by atoms with Crippen LogP contribution in [0.4, 0.5) is 4.79 Å². The molecule has 3 aromatic carbocycles. The number of H-pyrrole nitrogens is 1. The number of fused-ring (bicyclic) bond motifs is 1. The predicted molar refractivity (Wildman–Crippen MR) is 137 cm³/mol. The molecule has 0 saturated carbocycles. The summed E-state index contributed by atoms with van der Waals surface area (Å²) < 4.78 is 5.31. The molecule has 4 aromatic rings. The normalized spacial score (nSPS) is 12.6. The minimum atomic E-state index is -0.667. The SMILES string of the molecule is COc1ccc([C@@H](CNC(=O)C[C@H](NC(N)=O)c2cccc(C)c2)c2c[nH]c3ccccc23)cc1. The second-order valence-electron chi connectivity index (χ2n) is 8.60. The summed E-state index contributed by atoms with van der Waals surface area (Å²) in [5.74, 6) is 0.514. The first kappa shape index (κ1) is 23.9. The number of aromatic nitrogens is 1. The van der Waals surface area contributed by atoms with Crippen molar-refractivity contribution < 1.29 is 14.3 Å². The molecule has 0 radical (unpaired) electrons. The smallest absolute Gasteiger partial charge is 0.312 e. The van der Waals surface area contributed by atoms with Gasteiger partial charge in [0.1, 0.15) is 5.75 Å². The van der Waals surface area contributed by atoms with Crippen LogP contribution in [0.1, 0.15) is 40.6 Å². The molecule has 1 heterocycles. The van der Waals surface area contributed by atoms with Crippen LogP contribution >= 0.6 is 0 Å². The number of nitrogens with two attached hydrogens (primary N) is 1. The summed E-state index contributed by atoms with van der Waals surface area (Å²) in [7, 11) is 1.64. The molecule has 7 heteroatoms. The van der Waals surface area contributed by atoms with E-state index in [0.717, 1.165) is 38.9 Å². The number of aryl methyl sites for hydroxylation is 1. The lowest BCUT2D eigenvalue weighted by Gasteiger charge is -2.21. The highest BCUT2D eigenvalue weighted by Gasteiger charge is 2.22. The van der Waals surface area contributed by atoms with Crippen LogP contribution in [0.3, 0.4) is 0 Å². The first-order valence-corrected chi connectivity index (χ1v) is 11.5. The Morgan fingerprint density at radius 1 is 1.00 bits per heavy atom. The molecule has 2 atom stereocenters. The molecule has 0 spiro atoms. The number of primary amides is 1. The Morgan fingerprint density at radius 3 is 2.49 bits per heavy atom. The minimum absolute atomic E-state index is 0.0790. The van der Waals surface area contributed by atoms with E-state index < -0.39 is 12.1 Å². The molecule has 35 heavy (non-hydrogen) atoms. The molecule has 3 amide bonds. The number of ether oxygens (including phenoxy) is 1. The molecule has 5 N–H and O–H groups in total. The molecular formula is C28H30N4O3. The maximum Gasteiger partial charge on any atom is 0.312 e. The molecular weight excluding hydrogens is 440 g/mol. The van der Waals surface area contributed by atoms with Gasteiger partial charge < -0.3 is 26.1 Å². The predicted octanol–water partition coefficient (Wildman–Crippen LogP) is 4.53. The summed E-state index contributed by atoms with van der Waals surface area (Å²) in [6, 6.07) is 22.5. The number of amides is 3. The van der Waals surface area contributed by atoms with E-state index in [9.17, 15) is 9.59 Å². The zero-order valence-corrected chi connectivity index (χ0v) is 19.9. The Balaban J connectivity index is 1.55. The van der Waals surface area contributed by atoms with Gasteiger partial charge in [0.25, 0.3) is 0 Å². The van der Waals surface area contributed by atoms with Gasteiger partial charge in [-0.3, -0.25) is 4.79 Å². The third-order valence-electron chi connectivity index (χ3n) is 6.17. The Kier molecular flexibility index (Phi) is 7.35. The van der Waals surface area contributed by atoms with Crippen LogP contribution in [0.2, 0.25) is 0 Å². The van der Waals surface area contributed by atoms with E-state index in [1.54, 1.807) is 7.11 Å². The van der Waals surface area contributed by atoms with Crippen molar-refractivity contribution in [1.82, 2.24) is 15.6 Å². The van der Waals surface area contributed by atoms with Gasteiger partial charge in [-0.25, -0.2) is 4.79 Å². The summed E-state index contributed by atoms with van der Waals surface area (Å²) in [6.07, 6.45) is 2.07. The largest absolute Gasteiger partial charge is 0.497 e. The molecule has 4 rings (SSSR count). The van der Waals surface area contributed by atoms with Gasteiger partial charge in [0.2, 0.25) is 5.91 Å². The van der Waals surface area contributed by atoms with E-state index in [2.05, 4.69) is 21.7 Å². The van der Waals surface area contributed by atoms with E-state index in [-0.39, 0.29) is 18.2 Å². The number of methoxy groups -OCH3 is 1. The highest BCUT2D eigenvalue weighted by molar-refractivity contribution is 5.84. The van der Waals surface area contributed by atoms with Gasteiger partial charge >= 0.3 is 6.03 Å². The average molecular weight is 471 g/mol. The van der Waals surface area contributed by atoms with Crippen molar-refractivity contribution in [2.24, 2.45) is 5.73 Å². The van der Waals surface area contributed by atoms with Gasteiger partial charge in [-0.2, -0.15) is 0 Å². The van der Waals surface area contributed by atoms with Gasteiger partial charge in [-0.05, 0) is 41.8 Å². The number of hydrogen-bond acceptors (Lipinski definition) is 3. The minimum Gasteiger partial charge on any atom is -0.497 e. The molecule has 0 aliphatic heterocycles. The van der Waals surface area contributed by atoms with Crippen molar-refractivity contribution >= 4 is 22.8 Å². The maximum atomic E-state index is 13.0. The van der Waals surface area contributed by atoms with Crippen molar-refractivity contribution in [1.29, 1.82) is 0 Å². The van der Waals surface area contributed by atoms with Gasteiger partial charge in [-0.15, -0.1) is 0 Å². The highest BCUT2D eigenvalue weighted by atomic mass is 16.5. The van der Waals surface area contributed by atoms with Crippen LogP contribution in [-0.2, 0) is 4.79 Å². The Bertz CT molecular complexity index is 1310. The van der Waals surface area contributed by atoms with Crippen LogP contribution in [-0.4, -0.2) is 30.6 Å². The number of benzene rings is 3. The molecule has 0 saturated heterocycles. The van der Waals surface area contributed by atoms with Crippen LogP contribution in [0.25, 0.3) is 10.9 Å². The third-order valence-corrected chi connectivity index (χ3v) is 6.17. The number of hydrogen-bond donors (Lipinski definition) is 4. The molecule has 1 aromatic heterocycles. The zero-order valence-electron chi connectivity index (χ0n) is 19.9. The highest BCUT2D eigenvalue weighted by Crippen LogP contribution is 2.31. The fraction of sp³-hybridized carbons (Fsp3) is 0.214. The van der Waals surface area contributed by atoms with Crippen molar-refractivity contribution in [3.8, 4) is 5.75 Å². The van der Waals surface area contributed by atoms with E-state index in [0.29, 0.717) is 6.54 Å². The summed E-state index contributed by atoms with van der Waals surface area (Å²) >= 11 is 0. The fourth-order valence-corrected chi connectivity index (χ4v) is 4.41. The monoisotopic (exact) mass is 470 g/mol. The first-order valence-electron chi connectivity index (χ1n) is 11.5. The van der Waals surface area contributed by atoms with Crippen molar-refractivity contribution in [2.75, 3.05) is 13.7 Å². The van der Waals surface area contributed by atoms with Gasteiger partial charge in [0, 0.05) is 29.6 Å². The van der Waals surface area contributed by atoms with E-state index in [4.69, 9.17) is 10.5 Å². The number of rotatable bonds is 9. The van der Waals surface area contributed by atoms with Gasteiger partial charge in [0.15, 0.2) is 0 Å². The molecule has 0 unspecified atom stereocenters. The number of urea groups is 1. The molecule has 0 fully saturated rings. The lowest BCUT2D eigenvalue weighted by Crippen LogP contribution is -2.37. The molecule has 0 aliphatic carbocycles. The van der Waals surface area contributed by atoms with Crippen molar-refractivity contribution in [3.63, 3.8) is 0 Å². The Morgan fingerprint density at radius 2 is 1.77 bits per heavy atom. The number of carbonyl (C=O) groups is 2. The Hall–Kier alpha value is -4.26. The van der Waals surface area contributed by atoms with Gasteiger partial charge in [0.05, 0.1) is 19.6 Å². The van der Waals surface area contributed by atoms with E-state index in [1.807, 2.05) is 79.9 Å². The van der Waals surface area contributed by atoms with Crippen molar-refractivity contribution in [3.05, 3.63) is 101 Å². The lowest BCUT2D eigenvalue weighted by molar-refractivity contribution is -0.121. The van der Waals surface area contributed by atoms with Crippen LogP contribution < -0.4 is 21.1 Å². The molecule has 0 bridgehead atoms. The van der Waals surface area contributed by atoms with Crippen molar-refractivity contribution in [2.45, 2.75) is 25.3 Å². The summed E-state index contributed by atoms with van der Waals surface area (Å²) in [4.78, 5) is 28.0. The lowest BCUT2D eigenvalue weighted by atomic mass is 9.90. The van der Waals surface area contributed by atoms with E-state index >= 15 is 0 Å². The zero-order chi connectivity index (χ0) is 24.8. The van der Waals surface area contributed by atoms with E-state index in [1.165, 1.54) is 0 Å². The van der Waals surface area contributed by atoms with Crippen LogP contribution in [0.5, 0.6) is 5.75 Å².